The fourth-order valence-electron chi connectivity index (χ4n) is 3.82. The van der Waals surface area contributed by atoms with Gasteiger partial charge in [-0.25, -0.2) is 4.79 Å². The number of benzene rings is 1. The van der Waals surface area contributed by atoms with Gasteiger partial charge in [-0.2, -0.15) is 0 Å². The molecule has 188 valence electrons. The van der Waals surface area contributed by atoms with E-state index < -0.39 is 12.0 Å². The largest absolute Gasteiger partial charge is 0.489 e. The molecule has 0 saturated carbocycles. The maximum absolute atomic E-state index is 13.7. The zero-order chi connectivity index (χ0) is 25.8. The minimum atomic E-state index is -1.16. The summed E-state index contributed by atoms with van der Waals surface area (Å²) in [6.07, 6.45) is 0.513. The SMILES string of the molecule is CCCCOc1c(N(CC(C)(C)C)C(=O)O)n(CC(C)(C)C)c(=O)c2ccc(CC(N)=O)cc12. The van der Waals surface area contributed by atoms with Gasteiger partial charge >= 0.3 is 6.09 Å². The number of primary amides is 1. The van der Waals surface area contributed by atoms with Crippen LogP contribution in [0.25, 0.3) is 10.8 Å². The van der Waals surface area contributed by atoms with Gasteiger partial charge in [0.1, 0.15) is 0 Å². The summed E-state index contributed by atoms with van der Waals surface area (Å²) in [5.41, 5.74) is 5.06. The number of amides is 2. The second kappa shape index (κ2) is 10.5. The summed E-state index contributed by atoms with van der Waals surface area (Å²) in [6, 6.07) is 5.08. The first-order chi connectivity index (χ1) is 15.6. The lowest BCUT2D eigenvalue weighted by atomic mass is 9.95. The third-order valence-electron chi connectivity index (χ3n) is 5.14. The second-order valence-corrected chi connectivity index (χ2v) is 11.3. The number of rotatable bonds is 9. The van der Waals surface area contributed by atoms with Crippen LogP contribution in [0.3, 0.4) is 0 Å². The molecule has 8 nitrogen and oxygen atoms in total. The van der Waals surface area contributed by atoms with Crippen LogP contribution in [-0.2, 0) is 17.8 Å². The zero-order valence-corrected chi connectivity index (χ0v) is 21.5. The molecule has 0 aliphatic heterocycles. The Morgan fingerprint density at radius 3 is 2.24 bits per heavy atom. The Morgan fingerprint density at radius 1 is 1.09 bits per heavy atom. The van der Waals surface area contributed by atoms with Gasteiger partial charge in [-0.3, -0.25) is 19.1 Å². The fraction of sp³-hybridized carbons (Fsp3) is 0.577. The van der Waals surface area contributed by atoms with Gasteiger partial charge in [-0.05, 0) is 34.9 Å². The quantitative estimate of drug-likeness (QED) is 0.508. The standard InChI is InChI=1S/C26H39N3O5/c1-8-9-12-34-21-19-13-17(14-20(27)30)10-11-18(19)23(31)28(15-25(2,3)4)22(21)29(24(32)33)16-26(5,6)7/h10-11,13H,8-9,12,14-16H2,1-7H3,(H2,27,30)(H,32,33). The van der Waals surface area contributed by atoms with E-state index in [1.807, 2.05) is 48.5 Å². The van der Waals surface area contributed by atoms with Gasteiger partial charge in [-0.15, -0.1) is 0 Å². The Labute approximate surface area is 201 Å². The Balaban J connectivity index is 3.00. The van der Waals surface area contributed by atoms with Crippen LogP contribution in [0.1, 0.15) is 66.9 Å². The molecule has 0 aliphatic rings. The average molecular weight is 474 g/mol. The molecule has 0 aliphatic carbocycles. The number of nitrogens with zero attached hydrogens (tertiary/aromatic N) is 2. The fourth-order valence-corrected chi connectivity index (χ4v) is 3.82. The van der Waals surface area contributed by atoms with Crippen molar-refractivity contribution in [1.82, 2.24) is 4.57 Å². The zero-order valence-electron chi connectivity index (χ0n) is 21.5. The first-order valence-corrected chi connectivity index (χ1v) is 11.8. The Morgan fingerprint density at radius 2 is 1.74 bits per heavy atom. The van der Waals surface area contributed by atoms with E-state index in [1.54, 1.807) is 18.2 Å². The van der Waals surface area contributed by atoms with Crippen LogP contribution >= 0.6 is 0 Å². The molecule has 3 N–H and O–H groups in total. The van der Waals surface area contributed by atoms with Crippen molar-refractivity contribution in [2.75, 3.05) is 18.1 Å². The first kappa shape index (κ1) is 27.2. The molecule has 0 unspecified atom stereocenters. The average Bonchev–Trinajstić information content (AvgIpc) is 2.67. The number of carbonyl (C=O) groups excluding carboxylic acids is 1. The van der Waals surface area contributed by atoms with Crippen LogP contribution in [0.2, 0.25) is 0 Å². The predicted molar refractivity (Wildman–Crippen MR) is 136 cm³/mol. The van der Waals surface area contributed by atoms with Gasteiger partial charge in [0.25, 0.3) is 5.56 Å². The molecule has 0 fully saturated rings. The lowest BCUT2D eigenvalue weighted by Gasteiger charge is -2.33. The van der Waals surface area contributed by atoms with Crippen LogP contribution < -0.4 is 20.9 Å². The number of unbranched alkanes of at least 4 members (excludes halogenated alkanes) is 1. The van der Waals surface area contributed by atoms with E-state index in [0.29, 0.717) is 35.2 Å². The molecular formula is C26H39N3O5. The van der Waals surface area contributed by atoms with E-state index in [2.05, 4.69) is 0 Å². The highest BCUT2D eigenvalue weighted by molar-refractivity contribution is 5.97. The highest BCUT2D eigenvalue weighted by Crippen LogP contribution is 2.38. The van der Waals surface area contributed by atoms with Crippen molar-refractivity contribution < 1.29 is 19.4 Å². The smallest absolute Gasteiger partial charge is 0.413 e. The number of aromatic nitrogens is 1. The van der Waals surface area contributed by atoms with Gasteiger partial charge in [-0.1, -0.05) is 61.0 Å². The van der Waals surface area contributed by atoms with Crippen LogP contribution in [0, 0.1) is 10.8 Å². The minimum absolute atomic E-state index is 0.00931. The number of nitrogens with two attached hydrogens (primary N) is 1. The van der Waals surface area contributed by atoms with Crippen molar-refractivity contribution in [3.05, 3.63) is 34.1 Å². The molecule has 0 radical (unpaired) electrons. The number of carboxylic acid groups (broad SMARTS) is 1. The summed E-state index contributed by atoms with van der Waals surface area (Å²) in [6.45, 7) is 14.7. The lowest BCUT2D eigenvalue weighted by molar-refractivity contribution is -0.117. The summed E-state index contributed by atoms with van der Waals surface area (Å²) in [4.78, 5) is 39.0. The van der Waals surface area contributed by atoms with Crippen LogP contribution in [0.5, 0.6) is 5.75 Å². The summed E-state index contributed by atoms with van der Waals surface area (Å²) >= 11 is 0. The summed E-state index contributed by atoms with van der Waals surface area (Å²) in [7, 11) is 0. The van der Waals surface area contributed by atoms with Crippen molar-refractivity contribution in [2.45, 2.75) is 74.3 Å². The van der Waals surface area contributed by atoms with Crippen molar-refractivity contribution >= 4 is 28.6 Å². The number of hydrogen-bond donors (Lipinski definition) is 2. The molecule has 2 rings (SSSR count). The van der Waals surface area contributed by atoms with Gasteiger partial charge in [0.2, 0.25) is 5.91 Å². The first-order valence-electron chi connectivity index (χ1n) is 11.8. The predicted octanol–water partition coefficient (Wildman–Crippen LogP) is 4.78. The van der Waals surface area contributed by atoms with Crippen LogP contribution in [0.4, 0.5) is 10.6 Å². The Bertz CT molecular complexity index is 1110. The Kier molecular flexibility index (Phi) is 8.40. The molecule has 2 amide bonds. The molecular weight excluding hydrogens is 434 g/mol. The van der Waals surface area contributed by atoms with Gasteiger partial charge in [0, 0.05) is 18.5 Å². The van der Waals surface area contributed by atoms with Crippen molar-refractivity contribution in [2.24, 2.45) is 16.6 Å². The molecule has 0 atom stereocenters. The van der Waals surface area contributed by atoms with Gasteiger partial charge in [0.05, 0.1) is 18.4 Å². The number of pyridine rings is 1. The molecule has 0 spiro atoms. The molecule has 1 heterocycles. The molecule has 1 aromatic carbocycles. The number of hydrogen-bond acceptors (Lipinski definition) is 4. The maximum Gasteiger partial charge on any atom is 0.413 e. The van der Waals surface area contributed by atoms with Gasteiger partial charge in [0.15, 0.2) is 11.6 Å². The number of anilines is 1. The third kappa shape index (κ3) is 6.98. The monoisotopic (exact) mass is 473 g/mol. The molecule has 34 heavy (non-hydrogen) atoms. The highest BCUT2D eigenvalue weighted by atomic mass is 16.5. The third-order valence-corrected chi connectivity index (χ3v) is 5.14. The van der Waals surface area contributed by atoms with Crippen molar-refractivity contribution in [3.63, 3.8) is 0 Å². The number of carbonyl (C=O) groups is 2. The van der Waals surface area contributed by atoms with Crippen LogP contribution in [-0.4, -0.2) is 34.8 Å². The number of fused-ring (bicyclic) bond motifs is 1. The topological polar surface area (TPSA) is 115 Å². The second-order valence-electron chi connectivity index (χ2n) is 11.3. The summed E-state index contributed by atoms with van der Waals surface area (Å²) in [5, 5.41) is 11.1. The highest BCUT2D eigenvalue weighted by Gasteiger charge is 2.31. The molecule has 0 bridgehead atoms. The Hall–Kier alpha value is -3.03. The lowest BCUT2D eigenvalue weighted by Crippen LogP contribution is -2.42. The molecule has 2 aromatic rings. The van der Waals surface area contributed by atoms with E-state index in [9.17, 15) is 19.5 Å². The maximum atomic E-state index is 13.7. The van der Waals surface area contributed by atoms with E-state index in [1.165, 1.54) is 9.47 Å². The summed E-state index contributed by atoms with van der Waals surface area (Å²) in [5.74, 6) is 0.0708. The number of ether oxygens (including phenoxy) is 1. The van der Waals surface area contributed by atoms with Gasteiger partial charge < -0.3 is 15.6 Å². The summed E-state index contributed by atoms with van der Waals surface area (Å²) < 4.78 is 7.75. The van der Waals surface area contributed by atoms with Crippen molar-refractivity contribution in [3.8, 4) is 5.75 Å². The van der Waals surface area contributed by atoms with E-state index >= 15 is 0 Å². The molecule has 1 aromatic heterocycles. The van der Waals surface area contributed by atoms with E-state index in [4.69, 9.17) is 10.5 Å². The molecule has 8 heteroatoms. The van der Waals surface area contributed by atoms with Crippen molar-refractivity contribution in [1.29, 1.82) is 0 Å². The van der Waals surface area contributed by atoms with E-state index in [-0.39, 0.29) is 35.2 Å². The minimum Gasteiger partial charge on any atom is -0.489 e. The van der Waals surface area contributed by atoms with E-state index in [0.717, 1.165) is 12.8 Å². The molecule has 0 saturated heterocycles. The van der Waals surface area contributed by atoms with Crippen LogP contribution in [0.15, 0.2) is 23.0 Å². The normalized spacial score (nSPS) is 12.1.